The maximum absolute atomic E-state index is 12.1. The lowest BCUT2D eigenvalue weighted by Gasteiger charge is -2.17. The highest BCUT2D eigenvalue weighted by molar-refractivity contribution is 6.00. The third-order valence-corrected chi connectivity index (χ3v) is 3.73. The summed E-state index contributed by atoms with van der Waals surface area (Å²) in [6, 6.07) is 7.93. The fourth-order valence-corrected chi connectivity index (χ4v) is 2.45. The number of hydrogen-bond acceptors (Lipinski definition) is 2. The highest BCUT2D eigenvalue weighted by Gasteiger charge is 2.34. The Morgan fingerprint density at radius 2 is 2.10 bits per heavy atom. The lowest BCUT2D eigenvalue weighted by atomic mass is 10.0. The molecule has 1 heterocycles. The van der Waals surface area contributed by atoms with E-state index in [-0.39, 0.29) is 30.7 Å². The van der Waals surface area contributed by atoms with Crippen LogP contribution in [0.2, 0.25) is 0 Å². The number of terminal acetylenes is 1. The first-order chi connectivity index (χ1) is 10.0. The van der Waals surface area contributed by atoms with Crippen molar-refractivity contribution in [3.63, 3.8) is 0 Å². The standard InChI is InChI=1S/C17H20N2O2/c1-4-9-18-17(21)14-10-16(20)19(11-14)15-7-5-13(6-8-15)12(2)3/h1,5-8,12,14H,9-11H2,2-3H3,(H,18,21)/t14-/m1/s1. The van der Waals surface area contributed by atoms with Crippen molar-refractivity contribution in [1.29, 1.82) is 0 Å². The van der Waals surface area contributed by atoms with Gasteiger partial charge in [-0.1, -0.05) is 31.9 Å². The number of amides is 2. The van der Waals surface area contributed by atoms with Crippen molar-refractivity contribution in [2.24, 2.45) is 5.92 Å². The Balaban J connectivity index is 2.06. The average molecular weight is 284 g/mol. The van der Waals surface area contributed by atoms with Crippen LogP contribution < -0.4 is 10.2 Å². The number of anilines is 1. The number of nitrogens with zero attached hydrogens (tertiary/aromatic N) is 1. The van der Waals surface area contributed by atoms with Gasteiger partial charge in [0.15, 0.2) is 0 Å². The number of carbonyl (C=O) groups excluding carboxylic acids is 2. The summed E-state index contributed by atoms with van der Waals surface area (Å²) in [5, 5.41) is 2.64. The van der Waals surface area contributed by atoms with Crippen LogP contribution in [0.3, 0.4) is 0 Å². The monoisotopic (exact) mass is 284 g/mol. The summed E-state index contributed by atoms with van der Waals surface area (Å²) in [5.41, 5.74) is 2.07. The van der Waals surface area contributed by atoms with Crippen molar-refractivity contribution in [3.8, 4) is 12.3 Å². The molecule has 0 saturated carbocycles. The molecule has 1 aromatic rings. The van der Waals surface area contributed by atoms with Crippen LogP contribution in [-0.4, -0.2) is 24.9 Å². The van der Waals surface area contributed by atoms with E-state index in [1.54, 1.807) is 4.90 Å². The van der Waals surface area contributed by atoms with E-state index in [0.717, 1.165) is 5.69 Å². The van der Waals surface area contributed by atoms with Crippen LogP contribution in [0.1, 0.15) is 31.7 Å². The lowest BCUT2D eigenvalue weighted by molar-refractivity contribution is -0.126. The summed E-state index contributed by atoms with van der Waals surface area (Å²) < 4.78 is 0. The summed E-state index contributed by atoms with van der Waals surface area (Å²) in [6.07, 6.45) is 5.36. The molecule has 1 fully saturated rings. The summed E-state index contributed by atoms with van der Waals surface area (Å²) >= 11 is 0. The Morgan fingerprint density at radius 1 is 1.43 bits per heavy atom. The van der Waals surface area contributed by atoms with Gasteiger partial charge in [-0.05, 0) is 23.6 Å². The van der Waals surface area contributed by atoms with Crippen molar-refractivity contribution in [3.05, 3.63) is 29.8 Å². The lowest BCUT2D eigenvalue weighted by Crippen LogP contribution is -2.33. The molecule has 2 rings (SSSR count). The number of rotatable bonds is 4. The van der Waals surface area contributed by atoms with E-state index in [1.165, 1.54) is 5.56 Å². The SMILES string of the molecule is C#CCNC(=O)[C@@H]1CC(=O)N(c2ccc(C(C)C)cc2)C1. The number of hydrogen-bond donors (Lipinski definition) is 1. The van der Waals surface area contributed by atoms with E-state index < -0.39 is 0 Å². The second-order valence-electron chi connectivity index (χ2n) is 5.57. The van der Waals surface area contributed by atoms with E-state index >= 15 is 0 Å². The van der Waals surface area contributed by atoms with Crippen molar-refractivity contribution in [1.82, 2.24) is 5.32 Å². The first-order valence-electron chi connectivity index (χ1n) is 7.14. The second kappa shape index (κ2) is 6.45. The van der Waals surface area contributed by atoms with Crippen LogP contribution in [0.25, 0.3) is 0 Å². The number of benzene rings is 1. The zero-order chi connectivity index (χ0) is 15.4. The smallest absolute Gasteiger partial charge is 0.227 e. The predicted molar refractivity (Wildman–Crippen MR) is 82.8 cm³/mol. The van der Waals surface area contributed by atoms with Gasteiger partial charge in [-0.3, -0.25) is 9.59 Å². The van der Waals surface area contributed by atoms with Gasteiger partial charge in [0.25, 0.3) is 0 Å². The van der Waals surface area contributed by atoms with E-state index in [0.29, 0.717) is 12.5 Å². The van der Waals surface area contributed by atoms with E-state index in [1.807, 2.05) is 24.3 Å². The van der Waals surface area contributed by atoms with Crippen LogP contribution in [0.15, 0.2) is 24.3 Å². The summed E-state index contributed by atoms with van der Waals surface area (Å²) in [4.78, 5) is 25.6. The molecular weight excluding hydrogens is 264 g/mol. The average Bonchev–Trinajstić information content (AvgIpc) is 2.87. The molecule has 2 amide bonds. The molecule has 1 aromatic carbocycles. The van der Waals surface area contributed by atoms with Crippen LogP contribution in [-0.2, 0) is 9.59 Å². The zero-order valence-corrected chi connectivity index (χ0v) is 12.4. The van der Waals surface area contributed by atoms with Gasteiger partial charge in [0.1, 0.15) is 0 Å². The molecule has 0 aliphatic carbocycles. The Labute approximate surface area is 125 Å². The highest BCUT2D eigenvalue weighted by Crippen LogP contribution is 2.26. The van der Waals surface area contributed by atoms with Crippen LogP contribution in [0, 0.1) is 18.3 Å². The van der Waals surface area contributed by atoms with E-state index in [4.69, 9.17) is 6.42 Å². The summed E-state index contributed by atoms with van der Waals surface area (Å²) in [7, 11) is 0. The quantitative estimate of drug-likeness (QED) is 0.859. The van der Waals surface area contributed by atoms with Gasteiger partial charge in [-0.2, -0.15) is 0 Å². The molecule has 0 spiro atoms. The number of carbonyl (C=O) groups is 2. The molecule has 0 aromatic heterocycles. The minimum absolute atomic E-state index is 0.0202. The minimum atomic E-state index is -0.323. The van der Waals surface area contributed by atoms with E-state index in [9.17, 15) is 9.59 Å². The van der Waals surface area contributed by atoms with Crippen molar-refractivity contribution >= 4 is 17.5 Å². The van der Waals surface area contributed by atoms with Crippen LogP contribution in [0.4, 0.5) is 5.69 Å². The van der Waals surface area contributed by atoms with Gasteiger partial charge in [-0.15, -0.1) is 6.42 Å². The molecule has 1 N–H and O–H groups in total. The third-order valence-electron chi connectivity index (χ3n) is 3.73. The van der Waals surface area contributed by atoms with Crippen molar-refractivity contribution < 1.29 is 9.59 Å². The fraction of sp³-hybridized carbons (Fsp3) is 0.412. The molecular formula is C17H20N2O2. The molecule has 0 bridgehead atoms. The topological polar surface area (TPSA) is 49.4 Å². The van der Waals surface area contributed by atoms with Gasteiger partial charge in [-0.25, -0.2) is 0 Å². The molecule has 1 atom stereocenters. The van der Waals surface area contributed by atoms with Gasteiger partial charge in [0.05, 0.1) is 12.5 Å². The van der Waals surface area contributed by atoms with Gasteiger partial charge >= 0.3 is 0 Å². The highest BCUT2D eigenvalue weighted by atomic mass is 16.2. The maximum Gasteiger partial charge on any atom is 0.227 e. The first kappa shape index (κ1) is 15.1. The van der Waals surface area contributed by atoms with Crippen LogP contribution >= 0.6 is 0 Å². The molecule has 21 heavy (non-hydrogen) atoms. The normalized spacial score (nSPS) is 17.9. The number of nitrogens with one attached hydrogen (secondary N) is 1. The molecule has 1 saturated heterocycles. The van der Waals surface area contributed by atoms with Crippen molar-refractivity contribution in [2.45, 2.75) is 26.2 Å². The van der Waals surface area contributed by atoms with Crippen LogP contribution in [0.5, 0.6) is 0 Å². The van der Waals surface area contributed by atoms with Gasteiger partial charge < -0.3 is 10.2 Å². The first-order valence-corrected chi connectivity index (χ1v) is 7.14. The Hall–Kier alpha value is -2.28. The fourth-order valence-electron chi connectivity index (χ4n) is 2.45. The molecule has 4 nitrogen and oxygen atoms in total. The minimum Gasteiger partial charge on any atom is -0.345 e. The molecule has 110 valence electrons. The molecule has 1 aliphatic rings. The predicted octanol–water partition coefficient (Wildman–Crippen LogP) is 1.91. The second-order valence-corrected chi connectivity index (χ2v) is 5.57. The Kier molecular flexibility index (Phi) is 4.64. The van der Waals surface area contributed by atoms with Crippen molar-refractivity contribution in [2.75, 3.05) is 18.0 Å². The van der Waals surface area contributed by atoms with E-state index in [2.05, 4.69) is 25.1 Å². The zero-order valence-electron chi connectivity index (χ0n) is 12.4. The molecule has 0 radical (unpaired) electrons. The Bertz CT molecular complexity index is 569. The molecule has 4 heteroatoms. The Morgan fingerprint density at radius 3 is 2.67 bits per heavy atom. The molecule has 0 unspecified atom stereocenters. The summed E-state index contributed by atoms with van der Waals surface area (Å²) in [6.45, 7) is 4.87. The van der Waals surface area contributed by atoms with Gasteiger partial charge in [0.2, 0.25) is 11.8 Å². The summed E-state index contributed by atoms with van der Waals surface area (Å²) in [5.74, 6) is 2.32. The maximum atomic E-state index is 12.1. The molecule has 1 aliphatic heterocycles. The largest absolute Gasteiger partial charge is 0.345 e. The van der Waals surface area contributed by atoms with Gasteiger partial charge in [0, 0.05) is 18.7 Å². The third kappa shape index (κ3) is 3.43.